The van der Waals surface area contributed by atoms with Crippen LogP contribution in [-0.2, 0) is 0 Å². The van der Waals surface area contributed by atoms with E-state index in [9.17, 15) is 4.39 Å². The maximum Gasteiger partial charge on any atom is 0.322 e. The molecule has 168 valence electrons. The van der Waals surface area contributed by atoms with Crippen molar-refractivity contribution in [2.45, 2.75) is 45.7 Å². The van der Waals surface area contributed by atoms with Crippen LogP contribution < -0.4 is 15.0 Å². The number of hydrogen-bond donors (Lipinski definition) is 1. The molecule has 2 aromatic heterocycles. The number of rotatable bonds is 6. The van der Waals surface area contributed by atoms with Gasteiger partial charge in [-0.1, -0.05) is 6.07 Å². The summed E-state index contributed by atoms with van der Waals surface area (Å²) in [5.74, 6) is 2.59. The first kappa shape index (κ1) is 20.7. The topological polar surface area (TPSA) is 81.0 Å². The Morgan fingerprint density at radius 3 is 2.59 bits per heavy atom. The van der Waals surface area contributed by atoms with Crippen molar-refractivity contribution >= 4 is 11.8 Å². The number of hydrogen-bond acceptors (Lipinski definition) is 7. The zero-order chi connectivity index (χ0) is 22.2. The lowest BCUT2D eigenvalue weighted by atomic mass is 9.92. The third-order valence-corrected chi connectivity index (χ3v) is 6.34. The number of nitrogens with zero attached hydrogens (tertiary/aromatic N) is 6. The first-order chi connectivity index (χ1) is 15.5. The van der Waals surface area contributed by atoms with E-state index in [-0.39, 0.29) is 11.9 Å². The van der Waals surface area contributed by atoms with E-state index in [1.807, 2.05) is 20.8 Å². The second kappa shape index (κ2) is 8.37. The summed E-state index contributed by atoms with van der Waals surface area (Å²) in [5, 5.41) is 8.23. The number of aryl methyl sites for hydroxylation is 1. The Kier molecular flexibility index (Phi) is 5.40. The number of halogens is 1. The van der Waals surface area contributed by atoms with Crippen molar-refractivity contribution in [2.24, 2.45) is 11.8 Å². The SMILES string of the molecule is Cc1cc(N2C[C@H]3CC[C@@H](C2)[C@H]3Nc2nc(Oc3cccc(F)c3)n(C(C)C)n2)ncn1. The van der Waals surface area contributed by atoms with Gasteiger partial charge in [-0.25, -0.2) is 19.0 Å². The van der Waals surface area contributed by atoms with Gasteiger partial charge in [-0.15, -0.1) is 5.10 Å². The summed E-state index contributed by atoms with van der Waals surface area (Å²) >= 11 is 0. The van der Waals surface area contributed by atoms with Crippen LogP contribution in [0.2, 0.25) is 0 Å². The van der Waals surface area contributed by atoms with Crippen LogP contribution in [0.4, 0.5) is 16.2 Å². The van der Waals surface area contributed by atoms with Gasteiger partial charge in [-0.3, -0.25) is 0 Å². The zero-order valence-corrected chi connectivity index (χ0v) is 18.6. The van der Waals surface area contributed by atoms with Gasteiger partial charge in [-0.2, -0.15) is 4.98 Å². The minimum Gasteiger partial charge on any atom is -0.424 e. The molecular formula is C23H28FN7O. The summed E-state index contributed by atoms with van der Waals surface area (Å²) in [6, 6.07) is 8.82. The monoisotopic (exact) mass is 437 g/mol. The van der Waals surface area contributed by atoms with Gasteiger partial charge >= 0.3 is 6.01 Å². The molecule has 3 aromatic rings. The summed E-state index contributed by atoms with van der Waals surface area (Å²) in [6.07, 6.45) is 3.97. The Bertz CT molecular complexity index is 1090. The average Bonchev–Trinajstić information content (AvgIpc) is 3.24. The van der Waals surface area contributed by atoms with Gasteiger partial charge < -0.3 is 15.0 Å². The van der Waals surface area contributed by atoms with Crippen molar-refractivity contribution in [3.8, 4) is 11.8 Å². The quantitative estimate of drug-likeness (QED) is 0.618. The molecule has 3 heterocycles. The molecule has 32 heavy (non-hydrogen) atoms. The molecule has 0 amide bonds. The summed E-state index contributed by atoms with van der Waals surface area (Å²) in [7, 11) is 0. The number of anilines is 2. The molecule has 1 aromatic carbocycles. The Hall–Kier alpha value is -3.23. The lowest BCUT2D eigenvalue weighted by Gasteiger charge is -2.38. The van der Waals surface area contributed by atoms with Crippen LogP contribution in [0.1, 0.15) is 38.4 Å². The van der Waals surface area contributed by atoms with Crippen molar-refractivity contribution in [1.82, 2.24) is 24.7 Å². The van der Waals surface area contributed by atoms with Crippen LogP contribution in [0.3, 0.4) is 0 Å². The largest absolute Gasteiger partial charge is 0.424 e. The van der Waals surface area contributed by atoms with Gasteiger partial charge in [0.05, 0.1) is 6.04 Å². The van der Waals surface area contributed by atoms with E-state index in [2.05, 4.69) is 36.3 Å². The van der Waals surface area contributed by atoms with Crippen LogP contribution in [-0.4, -0.2) is 43.9 Å². The van der Waals surface area contributed by atoms with Crippen LogP contribution >= 0.6 is 0 Å². The second-order valence-corrected chi connectivity index (χ2v) is 9.01. The number of piperidine rings is 1. The Labute approximate surface area is 186 Å². The highest BCUT2D eigenvalue weighted by molar-refractivity contribution is 5.42. The lowest BCUT2D eigenvalue weighted by molar-refractivity contribution is 0.373. The van der Waals surface area contributed by atoms with E-state index in [1.54, 1.807) is 23.1 Å². The number of ether oxygens (including phenoxy) is 1. The van der Waals surface area contributed by atoms with Crippen LogP contribution in [0.15, 0.2) is 36.7 Å². The number of fused-ring (bicyclic) bond motifs is 2. The molecular weight excluding hydrogens is 409 g/mol. The lowest BCUT2D eigenvalue weighted by Crippen LogP contribution is -2.48. The van der Waals surface area contributed by atoms with Gasteiger partial charge in [0, 0.05) is 37.0 Å². The number of benzene rings is 1. The van der Waals surface area contributed by atoms with Crippen molar-refractivity contribution in [2.75, 3.05) is 23.3 Å². The molecule has 2 bridgehead atoms. The smallest absolute Gasteiger partial charge is 0.322 e. The Balaban J connectivity index is 1.32. The van der Waals surface area contributed by atoms with Gasteiger partial charge in [0.2, 0.25) is 5.95 Å². The summed E-state index contributed by atoms with van der Waals surface area (Å²) in [5.41, 5.74) is 0.983. The fraction of sp³-hybridized carbons (Fsp3) is 0.478. The molecule has 5 rings (SSSR count). The van der Waals surface area contributed by atoms with E-state index < -0.39 is 0 Å². The second-order valence-electron chi connectivity index (χ2n) is 9.01. The third-order valence-electron chi connectivity index (χ3n) is 6.34. The molecule has 9 heteroatoms. The molecule has 1 saturated heterocycles. The van der Waals surface area contributed by atoms with Crippen LogP contribution in [0.25, 0.3) is 0 Å². The molecule has 1 aliphatic carbocycles. The van der Waals surface area contributed by atoms with Gasteiger partial charge in [0.15, 0.2) is 0 Å². The molecule has 2 fully saturated rings. The summed E-state index contributed by atoms with van der Waals surface area (Å²) in [6.45, 7) is 7.92. The van der Waals surface area contributed by atoms with E-state index in [0.717, 1.165) is 24.6 Å². The van der Waals surface area contributed by atoms with E-state index in [4.69, 9.17) is 4.74 Å². The number of nitrogens with one attached hydrogen (secondary N) is 1. The minimum atomic E-state index is -0.348. The minimum absolute atomic E-state index is 0.0567. The Morgan fingerprint density at radius 1 is 1.12 bits per heavy atom. The molecule has 0 radical (unpaired) electrons. The normalized spacial score (nSPS) is 22.4. The standard InChI is InChI=1S/C23H28FN7O/c1-14(2)31-23(32-19-6-4-5-18(24)10-19)28-22(29-31)27-21-16-7-8-17(21)12-30(11-16)20-9-15(3)25-13-26-20/h4-6,9-10,13-14,16-17,21H,7-8,11-12H2,1-3H3,(H,27,29)/t16-,17+,21+. The molecule has 1 aliphatic heterocycles. The van der Waals surface area contributed by atoms with Gasteiger partial charge in [0.1, 0.15) is 23.7 Å². The van der Waals surface area contributed by atoms with E-state index >= 15 is 0 Å². The molecule has 3 atom stereocenters. The van der Waals surface area contributed by atoms with Crippen LogP contribution in [0.5, 0.6) is 11.8 Å². The maximum atomic E-state index is 13.6. The van der Waals surface area contributed by atoms with Crippen molar-refractivity contribution in [3.63, 3.8) is 0 Å². The average molecular weight is 438 g/mol. The highest BCUT2D eigenvalue weighted by atomic mass is 19.1. The number of aromatic nitrogens is 5. The highest BCUT2D eigenvalue weighted by Gasteiger charge is 2.43. The van der Waals surface area contributed by atoms with Gasteiger partial charge in [-0.05, 0) is 57.6 Å². The van der Waals surface area contributed by atoms with Crippen molar-refractivity contribution in [1.29, 1.82) is 0 Å². The first-order valence-corrected chi connectivity index (χ1v) is 11.2. The molecule has 1 N–H and O–H groups in total. The van der Waals surface area contributed by atoms with E-state index in [0.29, 0.717) is 35.6 Å². The molecule has 0 spiro atoms. The maximum absolute atomic E-state index is 13.6. The van der Waals surface area contributed by atoms with Crippen molar-refractivity contribution in [3.05, 3.63) is 48.2 Å². The Morgan fingerprint density at radius 2 is 1.91 bits per heavy atom. The molecule has 8 nitrogen and oxygen atoms in total. The van der Waals surface area contributed by atoms with E-state index in [1.165, 1.54) is 25.0 Å². The fourth-order valence-corrected chi connectivity index (χ4v) is 4.82. The predicted molar refractivity (Wildman–Crippen MR) is 119 cm³/mol. The highest BCUT2D eigenvalue weighted by Crippen LogP contribution is 2.40. The summed E-state index contributed by atoms with van der Waals surface area (Å²) in [4.78, 5) is 15.7. The molecule has 0 unspecified atom stereocenters. The van der Waals surface area contributed by atoms with Crippen LogP contribution in [0, 0.1) is 24.6 Å². The third kappa shape index (κ3) is 4.11. The summed E-state index contributed by atoms with van der Waals surface area (Å²) < 4.78 is 21.2. The fourth-order valence-electron chi connectivity index (χ4n) is 4.82. The zero-order valence-electron chi connectivity index (χ0n) is 18.6. The predicted octanol–water partition coefficient (Wildman–Crippen LogP) is 4.22. The van der Waals surface area contributed by atoms with Gasteiger partial charge in [0.25, 0.3) is 0 Å². The molecule has 1 saturated carbocycles. The van der Waals surface area contributed by atoms with Crippen molar-refractivity contribution < 1.29 is 9.13 Å². The molecule has 2 aliphatic rings. The first-order valence-electron chi connectivity index (χ1n) is 11.2.